The van der Waals surface area contributed by atoms with E-state index in [2.05, 4.69) is 4.72 Å². The van der Waals surface area contributed by atoms with Crippen LogP contribution >= 0.6 is 0 Å². The first-order chi connectivity index (χ1) is 8.90. The van der Waals surface area contributed by atoms with Crippen molar-refractivity contribution in [3.05, 3.63) is 29.6 Å². The van der Waals surface area contributed by atoms with Gasteiger partial charge < -0.3 is 0 Å². The molecule has 104 valence electrons. The van der Waals surface area contributed by atoms with Gasteiger partial charge in [-0.3, -0.25) is 4.21 Å². The average molecular weight is 304 g/mol. The third-order valence-electron chi connectivity index (χ3n) is 2.31. The zero-order chi connectivity index (χ0) is 14.5. The smallest absolute Gasteiger partial charge is 0.240 e. The lowest BCUT2D eigenvalue weighted by Gasteiger charge is -2.06. The molecule has 0 saturated carbocycles. The zero-order valence-corrected chi connectivity index (χ0v) is 11.9. The Labute approximate surface area is 113 Å². The predicted molar refractivity (Wildman–Crippen MR) is 69.9 cm³/mol. The minimum absolute atomic E-state index is 0.0298. The number of hydrogen-bond acceptors (Lipinski definition) is 4. The van der Waals surface area contributed by atoms with Gasteiger partial charge in [-0.05, 0) is 18.2 Å². The molecular weight excluding hydrogens is 291 g/mol. The first-order valence-corrected chi connectivity index (χ1v) is 8.42. The number of rotatable bonds is 6. The highest BCUT2D eigenvalue weighted by Crippen LogP contribution is 2.14. The van der Waals surface area contributed by atoms with Crippen molar-refractivity contribution in [3.8, 4) is 6.07 Å². The second kappa shape index (κ2) is 6.75. The Balaban J connectivity index is 2.84. The van der Waals surface area contributed by atoms with E-state index in [4.69, 9.17) is 5.26 Å². The molecule has 0 aromatic heterocycles. The fraction of sp³-hybridized carbons (Fsp3) is 0.364. The molecule has 19 heavy (non-hydrogen) atoms. The molecule has 1 unspecified atom stereocenters. The molecule has 1 aromatic carbocycles. The molecule has 8 heteroatoms. The number of nitrogens with zero attached hydrogens (tertiary/aromatic N) is 1. The molecule has 0 aliphatic heterocycles. The highest BCUT2D eigenvalue weighted by Gasteiger charge is 2.16. The highest BCUT2D eigenvalue weighted by molar-refractivity contribution is 7.89. The fourth-order valence-corrected chi connectivity index (χ4v) is 3.08. The average Bonchev–Trinajstić information content (AvgIpc) is 2.38. The van der Waals surface area contributed by atoms with E-state index in [1.165, 1.54) is 0 Å². The predicted octanol–water partition coefficient (Wildman–Crippen LogP) is 0.744. The van der Waals surface area contributed by atoms with Crippen molar-refractivity contribution in [2.24, 2.45) is 0 Å². The van der Waals surface area contributed by atoms with Gasteiger partial charge in [-0.25, -0.2) is 17.5 Å². The molecule has 1 rings (SSSR count). The molecule has 0 spiro atoms. The van der Waals surface area contributed by atoms with E-state index < -0.39 is 26.6 Å². The Hall–Kier alpha value is -1.30. The van der Waals surface area contributed by atoms with Crippen molar-refractivity contribution < 1.29 is 17.0 Å². The molecular formula is C11H13FN2O3S2. The van der Waals surface area contributed by atoms with Crippen LogP contribution in [-0.2, 0) is 20.8 Å². The Kier molecular flexibility index (Phi) is 5.60. The lowest BCUT2D eigenvalue weighted by molar-refractivity contribution is 0.582. The monoisotopic (exact) mass is 304 g/mol. The summed E-state index contributed by atoms with van der Waals surface area (Å²) in [7, 11) is -4.88. The van der Waals surface area contributed by atoms with Gasteiger partial charge in [0, 0.05) is 28.9 Å². The van der Waals surface area contributed by atoms with Crippen molar-refractivity contribution in [1.29, 1.82) is 5.26 Å². The molecule has 0 fully saturated rings. The second-order valence-electron chi connectivity index (χ2n) is 3.58. The second-order valence-corrected chi connectivity index (χ2v) is 7.22. The molecule has 1 aromatic rings. The molecule has 1 atom stereocenters. The molecule has 5 nitrogen and oxygen atoms in total. The van der Waals surface area contributed by atoms with Gasteiger partial charge in [0.15, 0.2) is 0 Å². The molecule has 1 N–H and O–H groups in total. The molecule has 0 aliphatic rings. The summed E-state index contributed by atoms with van der Waals surface area (Å²) >= 11 is 0. The minimum Gasteiger partial charge on any atom is -0.260 e. The Morgan fingerprint density at radius 1 is 1.47 bits per heavy atom. The van der Waals surface area contributed by atoms with Gasteiger partial charge in [-0.15, -0.1) is 0 Å². The summed E-state index contributed by atoms with van der Waals surface area (Å²) in [4.78, 5) is -0.187. The molecule has 0 aliphatic carbocycles. The normalized spacial score (nSPS) is 12.9. The molecule has 0 radical (unpaired) electrons. The van der Waals surface area contributed by atoms with Gasteiger partial charge in [0.2, 0.25) is 10.0 Å². The third kappa shape index (κ3) is 4.38. The summed E-state index contributed by atoms with van der Waals surface area (Å²) < 4.78 is 50.2. The van der Waals surface area contributed by atoms with Gasteiger partial charge in [-0.1, -0.05) is 6.92 Å². The van der Waals surface area contributed by atoms with Crippen LogP contribution in [0.1, 0.15) is 12.5 Å². The number of nitriles is 1. The van der Waals surface area contributed by atoms with Crippen LogP contribution in [0.15, 0.2) is 23.1 Å². The molecule has 0 bridgehead atoms. The van der Waals surface area contributed by atoms with Crippen LogP contribution in [0.25, 0.3) is 0 Å². The van der Waals surface area contributed by atoms with E-state index in [0.29, 0.717) is 5.75 Å². The van der Waals surface area contributed by atoms with Gasteiger partial charge in [-0.2, -0.15) is 5.26 Å². The van der Waals surface area contributed by atoms with Crippen LogP contribution in [0, 0.1) is 17.1 Å². The minimum atomic E-state index is -3.82. The topological polar surface area (TPSA) is 87.0 Å². The zero-order valence-electron chi connectivity index (χ0n) is 10.2. The summed E-state index contributed by atoms with van der Waals surface area (Å²) in [5, 5.41) is 8.64. The number of halogens is 1. The summed E-state index contributed by atoms with van der Waals surface area (Å²) in [5.74, 6) is -0.104. The number of nitrogens with one attached hydrogen (secondary N) is 1. The van der Waals surface area contributed by atoms with Crippen molar-refractivity contribution in [3.63, 3.8) is 0 Å². The first-order valence-electron chi connectivity index (χ1n) is 5.45. The lowest BCUT2D eigenvalue weighted by atomic mass is 10.2. The van der Waals surface area contributed by atoms with E-state index in [1.54, 1.807) is 13.0 Å². The fourth-order valence-electron chi connectivity index (χ4n) is 1.27. The molecule has 0 heterocycles. The summed E-state index contributed by atoms with van der Waals surface area (Å²) in [6, 6.07) is 4.55. The van der Waals surface area contributed by atoms with Gasteiger partial charge in [0.1, 0.15) is 11.9 Å². The summed E-state index contributed by atoms with van der Waals surface area (Å²) in [6.45, 7) is 1.77. The van der Waals surface area contributed by atoms with Crippen LogP contribution in [0.3, 0.4) is 0 Å². The van der Waals surface area contributed by atoms with Crippen molar-refractivity contribution >= 4 is 20.8 Å². The van der Waals surface area contributed by atoms with Crippen LogP contribution < -0.4 is 4.72 Å². The quantitative estimate of drug-likeness (QED) is 0.840. The Morgan fingerprint density at radius 2 is 2.16 bits per heavy atom. The van der Waals surface area contributed by atoms with Crippen molar-refractivity contribution in [2.45, 2.75) is 11.8 Å². The van der Waals surface area contributed by atoms with Gasteiger partial charge in [0.25, 0.3) is 0 Å². The van der Waals surface area contributed by atoms with Gasteiger partial charge in [0.05, 0.1) is 10.5 Å². The van der Waals surface area contributed by atoms with E-state index in [9.17, 15) is 17.0 Å². The SMILES string of the molecule is CCS(=O)CCNS(=O)(=O)c1ccc(F)c(C#N)c1. The van der Waals surface area contributed by atoms with Crippen LogP contribution in [0.5, 0.6) is 0 Å². The standard InChI is InChI=1S/C11H13FN2O3S2/c1-2-18(15)6-5-14-19(16,17)10-3-4-11(12)9(7-10)8-13/h3-4,7,14H,2,5-6H2,1H3. The van der Waals surface area contributed by atoms with Crippen LogP contribution in [0.2, 0.25) is 0 Å². The van der Waals surface area contributed by atoms with Crippen LogP contribution in [-0.4, -0.2) is 30.7 Å². The number of benzene rings is 1. The number of sulfonamides is 1. The maximum Gasteiger partial charge on any atom is 0.240 e. The largest absolute Gasteiger partial charge is 0.260 e. The highest BCUT2D eigenvalue weighted by atomic mass is 32.2. The Morgan fingerprint density at radius 3 is 2.74 bits per heavy atom. The maximum absolute atomic E-state index is 13.1. The van der Waals surface area contributed by atoms with E-state index in [0.717, 1.165) is 18.2 Å². The van der Waals surface area contributed by atoms with Crippen molar-refractivity contribution in [2.75, 3.05) is 18.1 Å². The number of hydrogen-bond donors (Lipinski definition) is 1. The molecule has 0 amide bonds. The van der Waals surface area contributed by atoms with E-state index in [-0.39, 0.29) is 22.8 Å². The van der Waals surface area contributed by atoms with E-state index in [1.807, 2.05) is 0 Å². The molecule has 0 saturated heterocycles. The first kappa shape index (κ1) is 15.8. The summed E-state index contributed by atoms with van der Waals surface area (Å²) in [6.07, 6.45) is 0. The summed E-state index contributed by atoms with van der Waals surface area (Å²) in [5.41, 5.74) is -0.333. The lowest BCUT2D eigenvalue weighted by Crippen LogP contribution is -2.28. The van der Waals surface area contributed by atoms with E-state index >= 15 is 0 Å². The Bertz CT molecular complexity index is 623. The van der Waals surface area contributed by atoms with Crippen LogP contribution in [0.4, 0.5) is 4.39 Å². The van der Waals surface area contributed by atoms with Gasteiger partial charge >= 0.3 is 0 Å². The maximum atomic E-state index is 13.1. The third-order valence-corrected chi connectivity index (χ3v) is 5.07. The van der Waals surface area contributed by atoms with Crippen molar-refractivity contribution in [1.82, 2.24) is 4.72 Å².